The van der Waals surface area contributed by atoms with Gasteiger partial charge in [0.15, 0.2) is 0 Å². The van der Waals surface area contributed by atoms with Gasteiger partial charge in [-0.3, -0.25) is 4.79 Å². The van der Waals surface area contributed by atoms with Crippen LogP contribution in [0.25, 0.3) is 11.0 Å². The maximum Gasteiger partial charge on any atom is 0.251 e. The van der Waals surface area contributed by atoms with Gasteiger partial charge < -0.3 is 9.88 Å². The predicted molar refractivity (Wildman–Crippen MR) is 115 cm³/mol. The highest BCUT2D eigenvalue weighted by Gasteiger charge is 2.19. The third kappa shape index (κ3) is 3.85. The summed E-state index contributed by atoms with van der Waals surface area (Å²) >= 11 is 3.42. The molecule has 0 saturated carbocycles. The summed E-state index contributed by atoms with van der Waals surface area (Å²) in [6.45, 7) is 2.67. The van der Waals surface area contributed by atoms with Crippen molar-refractivity contribution >= 4 is 32.9 Å². The smallest absolute Gasteiger partial charge is 0.251 e. The van der Waals surface area contributed by atoms with E-state index in [9.17, 15) is 4.79 Å². The number of fused-ring (bicyclic) bond motifs is 1. The number of rotatable bonds is 5. The van der Waals surface area contributed by atoms with Crippen molar-refractivity contribution in [2.24, 2.45) is 0 Å². The van der Waals surface area contributed by atoms with Crippen LogP contribution in [0.3, 0.4) is 0 Å². The number of para-hydroxylation sites is 2. The molecule has 1 N–H and O–H groups in total. The summed E-state index contributed by atoms with van der Waals surface area (Å²) in [5.74, 6) is 0.723. The molecular formula is C23H20BrN3O. The van der Waals surface area contributed by atoms with Gasteiger partial charge in [-0.1, -0.05) is 64.5 Å². The van der Waals surface area contributed by atoms with Crippen LogP contribution in [0, 0.1) is 0 Å². The zero-order chi connectivity index (χ0) is 19.5. The van der Waals surface area contributed by atoms with Crippen LogP contribution in [0.15, 0.2) is 83.3 Å². The van der Waals surface area contributed by atoms with Crippen molar-refractivity contribution in [3.8, 4) is 0 Å². The van der Waals surface area contributed by atoms with Gasteiger partial charge in [0, 0.05) is 16.6 Å². The number of nitrogens with one attached hydrogen (secondary N) is 1. The molecule has 0 bridgehead atoms. The summed E-state index contributed by atoms with van der Waals surface area (Å²) in [5.41, 5.74) is 3.80. The Morgan fingerprint density at radius 2 is 1.79 bits per heavy atom. The Labute approximate surface area is 172 Å². The fourth-order valence-corrected chi connectivity index (χ4v) is 3.73. The van der Waals surface area contributed by atoms with Crippen molar-refractivity contribution in [1.29, 1.82) is 0 Å². The van der Waals surface area contributed by atoms with Gasteiger partial charge in [0.05, 0.1) is 17.1 Å². The van der Waals surface area contributed by atoms with Crippen LogP contribution in [0.4, 0.5) is 0 Å². The number of hydrogen-bond acceptors (Lipinski definition) is 2. The minimum atomic E-state index is -0.234. The Kier molecular flexibility index (Phi) is 5.26. The number of halogens is 1. The molecule has 1 atom stereocenters. The van der Waals surface area contributed by atoms with E-state index in [2.05, 4.69) is 44.0 Å². The zero-order valence-corrected chi connectivity index (χ0v) is 17.1. The van der Waals surface area contributed by atoms with E-state index in [1.54, 1.807) is 6.07 Å². The van der Waals surface area contributed by atoms with Gasteiger partial charge in [-0.05, 0) is 42.8 Å². The maximum atomic E-state index is 12.7. The first-order chi connectivity index (χ1) is 13.6. The first-order valence-corrected chi connectivity index (χ1v) is 9.96. The van der Waals surface area contributed by atoms with Crippen LogP contribution in [0.2, 0.25) is 0 Å². The Balaban J connectivity index is 1.67. The number of nitrogens with zero attached hydrogens (tertiary/aromatic N) is 2. The fourth-order valence-electron chi connectivity index (χ4n) is 3.33. The second-order valence-corrected chi connectivity index (χ2v) is 7.65. The summed E-state index contributed by atoms with van der Waals surface area (Å²) < 4.78 is 3.06. The number of carbonyl (C=O) groups excluding carboxylic acids is 1. The molecule has 0 fully saturated rings. The van der Waals surface area contributed by atoms with Crippen molar-refractivity contribution < 1.29 is 4.79 Å². The van der Waals surface area contributed by atoms with Gasteiger partial charge in [0.25, 0.3) is 5.91 Å². The van der Waals surface area contributed by atoms with E-state index in [-0.39, 0.29) is 11.9 Å². The average molecular weight is 434 g/mol. The van der Waals surface area contributed by atoms with Crippen LogP contribution in [-0.4, -0.2) is 15.5 Å². The first-order valence-electron chi connectivity index (χ1n) is 9.17. The Bertz CT molecular complexity index is 1120. The van der Waals surface area contributed by atoms with Crippen molar-refractivity contribution in [2.45, 2.75) is 19.5 Å². The molecule has 0 aliphatic carbocycles. The number of aromatic nitrogens is 2. The fraction of sp³-hybridized carbons (Fsp3) is 0.130. The zero-order valence-electron chi connectivity index (χ0n) is 15.5. The van der Waals surface area contributed by atoms with Crippen LogP contribution in [0.1, 0.15) is 34.7 Å². The molecule has 0 saturated heterocycles. The van der Waals surface area contributed by atoms with Gasteiger partial charge in [0.1, 0.15) is 5.82 Å². The third-order valence-electron chi connectivity index (χ3n) is 4.69. The number of carbonyl (C=O) groups is 1. The van der Waals surface area contributed by atoms with E-state index in [1.165, 1.54) is 5.56 Å². The van der Waals surface area contributed by atoms with E-state index in [1.807, 2.05) is 61.5 Å². The van der Waals surface area contributed by atoms with Crippen LogP contribution >= 0.6 is 15.9 Å². The van der Waals surface area contributed by atoms with E-state index >= 15 is 0 Å². The van der Waals surface area contributed by atoms with E-state index < -0.39 is 0 Å². The molecule has 1 amide bonds. The van der Waals surface area contributed by atoms with Crippen molar-refractivity contribution in [3.05, 3.63) is 100 Å². The van der Waals surface area contributed by atoms with Crippen molar-refractivity contribution in [1.82, 2.24) is 14.9 Å². The van der Waals surface area contributed by atoms with Gasteiger partial charge in [0.2, 0.25) is 0 Å². The average Bonchev–Trinajstić information content (AvgIpc) is 3.07. The molecule has 4 aromatic rings. The number of benzene rings is 3. The lowest BCUT2D eigenvalue weighted by Crippen LogP contribution is -2.28. The second-order valence-electron chi connectivity index (χ2n) is 6.74. The second kappa shape index (κ2) is 7.98. The summed E-state index contributed by atoms with van der Waals surface area (Å²) in [4.78, 5) is 17.5. The molecular weight excluding hydrogens is 414 g/mol. The van der Waals surface area contributed by atoms with Crippen LogP contribution in [0.5, 0.6) is 0 Å². The molecule has 5 heteroatoms. The molecule has 1 heterocycles. The van der Waals surface area contributed by atoms with Gasteiger partial charge in [-0.15, -0.1) is 0 Å². The van der Waals surface area contributed by atoms with E-state index in [0.717, 1.165) is 21.3 Å². The van der Waals surface area contributed by atoms with Crippen molar-refractivity contribution in [3.63, 3.8) is 0 Å². The Morgan fingerprint density at radius 3 is 2.57 bits per heavy atom. The van der Waals surface area contributed by atoms with Gasteiger partial charge >= 0.3 is 0 Å². The molecule has 0 aliphatic heterocycles. The minimum absolute atomic E-state index is 0.118. The van der Waals surface area contributed by atoms with E-state index in [4.69, 9.17) is 4.98 Å². The monoisotopic (exact) mass is 433 g/mol. The highest BCUT2D eigenvalue weighted by Crippen LogP contribution is 2.23. The highest BCUT2D eigenvalue weighted by atomic mass is 79.9. The van der Waals surface area contributed by atoms with Gasteiger partial charge in [-0.2, -0.15) is 0 Å². The summed E-state index contributed by atoms with van der Waals surface area (Å²) in [6.07, 6.45) is 0. The maximum absolute atomic E-state index is 12.7. The number of hydrogen-bond donors (Lipinski definition) is 1. The lowest BCUT2D eigenvalue weighted by molar-refractivity contribution is 0.0937. The quantitative estimate of drug-likeness (QED) is 0.461. The van der Waals surface area contributed by atoms with E-state index in [0.29, 0.717) is 12.1 Å². The molecule has 3 aromatic carbocycles. The molecule has 0 radical (unpaired) electrons. The first kappa shape index (κ1) is 18.4. The molecule has 0 aliphatic rings. The Hall–Kier alpha value is -2.92. The number of amides is 1. The topological polar surface area (TPSA) is 46.9 Å². The SMILES string of the molecule is C[C@@H](NC(=O)c1cccc(Br)c1)c1nc2ccccc2n1Cc1ccccc1. The molecule has 4 rings (SSSR count). The lowest BCUT2D eigenvalue weighted by atomic mass is 10.2. The molecule has 0 unspecified atom stereocenters. The molecule has 140 valence electrons. The van der Waals surface area contributed by atoms with Crippen molar-refractivity contribution in [2.75, 3.05) is 0 Å². The normalized spacial score (nSPS) is 12.1. The highest BCUT2D eigenvalue weighted by molar-refractivity contribution is 9.10. The molecule has 1 aromatic heterocycles. The lowest BCUT2D eigenvalue weighted by Gasteiger charge is -2.17. The van der Waals surface area contributed by atoms with Crippen LogP contribution < -0.4 is 5.32 Å². The largest absolute Gasteiger partial charge is 0.342 e. The number of imidazole rings is 1. The van der Waals surface area contributed by atoms with Crippen LogP contribution in [-0.2, 0) is 6.54 Å². The molecule has 0 spiro atoms. The minimum Gasteiger partial charge on any atom is -0.342 e. The summed E-state index contributed by atoms with van der Waals surface area (Å²) in [7, 11) is 0. The summed E-state index contributed by atoms with van der Waals surface area (Å²) in [5, 5.41) is 3.08. The predicted octanol–water partition coefficient (Wildman–Crippen LogP) is 5.34. The standard InChI is InChI=1S/C23H20BrN3O/c1-16(25-23(28)18-10-7-11-19(24)14-18)22-26-20-12-5-6-13-21(20)27(22)15-17-8-3-2-4-9-17/h2-14,16H,15H2,1H3,(H,25,28)/t16-/m1/s1. The third-order valence-corrected chi connectivity index (χ3v) is 5.18. The Morgan fingerprint density at radius 1 is 1.04 bits per heavy atom. The summed E-state index contributed by atoms with van der Waals surface area (Å²) in [6, 6.07) is 25.5. The molecule has 28 heavy (non-hydrogen) atoms. The molecule has 4 nitrogen and oxygen atoms in total. The van der Waals surface area contributed by atoms with Gasteiger partial charge in [-0.25, -0.2) is 4.98 Å².